The first-order chi connectivity index (χ1) is 12.6. The summed E-state index contributed by atoms with van der Waals surface area (Å²) in [6.07, 6.45) is 1.59. The molecule has 6 heteroatoms. The summed E-state index contributed by atoms with van der Waals surface area (Å²) in [5.74, 6) is 0.795. The van der Waals surface area contributed by atoms with Crippen LogP contribution in [0.2, 0.25) is 0 Å². The van der Waals surface area contributed by atoms with E-state index in [2.05, 4.69) is 26.5 Å². The van der Waals surface area contributed by atoms with E-state index in [0.717, 1.165) is 20.8 Å². The van der Waals surface area contributed by atoms with Crippen LogP contribution in [0.5, 0.6) is 11.5 Å². The van der Waals surface area contributed by atoms with Crippen molar-refractivity contribution in [2.45, 2.75) is 0 Å². The van der Waals surface area contributed by atoms with Crippen molar-refractivity contribution in [1.82, 2.24) is 5.43 Å². The number of hydrogen-bond donors (Lipinski definition) is 1. The van der Waals surface area contributed by atoms with Crippen molar-refractivity contribution in [1.29, 1.82) is 0 Å². The quantitative estimate of drug-likeness (QED) is 0.499. The molecule has 1 N–H and O–H groups in total. The van der Waals surface area contributed by atoms with Crippen LogP contribution in [-0.2, 0) is 0 Å². The van der Waals surface area contributed by atoms with Gasteiger partial charge in [0, 0.05) is 10.0 Å². The number of rotatable bonds is 5. The lowest BCUT2D eigenvalue weighted by Gasteiger charge is -2.09. The monoisotopic (exact) mass is 412 g/mol. The smallest absolute Gasteiger partial charge is 0.275 e. The van der Waals surface area contributed by atoms with Crippen molar-refractivity contribution < 1.29 is 14.3 Å². The van der Waals surface area contributed by atoms with Crippen molar-refractivity contribution in [2.24, 2.45) is 5.10 Å². The summed E-state index contributed by atoms with van der Waals surface area (Å²) in [5, 5.41) is 6.16. The van der Waals surface area contributed by atoms with Gasteiger partial charge in [0.05, 0.1) is 26.0 Å². The number of nitrogens with zero attached hydrogens (tertiary/aromatic N) is 1. The van der Waals surface area contributed by atoms with Crippen molar-refractivity contribution in [3.05, 3.63) is 70.2 Å². The minimum Gasteiger partial charge on any atom is -0.496 e. The molecule has 3 aromatic carbocycles. The summed E-state index contributed by atoms with van der Waals surface area (Å²) in [6, 6.07) is 17.0. The highest BCUT2D eigenvalue weighted by atomic mass is 79.9. The number of carbonyl (C=O) groups excluding carboxylic acids is 1. The molecule has 0 heterocycles. The zero-order chi connectivity index (χ0) is 18.5. The van der Waals surface area contributed by atoms with Gasteiger partial charge in [-0.3, -0.25) is 4.79 Å². The average Bonchev–Trinajstić information content (AvgIpc) is 2.67. The Labute approximate surface area is 159 Å². The van der Waals surface area contributed by atoms with E-state index in [1.807, 2.05) is 36.4 Å². The molecule has 0 unspecified atom stereocenters. The zero-order valence-electron chi connectivity index (χ0n) is 14.3. The van der Waals surface area contributed by atoms with E-state index in [9.17, 15) is 4.79 Å². The van der Waals surface area contributed by atoms with Crippen LogP contribution in [0.25, 0.3) is 10.8 Å². The number of hydrazone groups is 1. The average molecular weight is 413 g/mol. The van der Waals surface area contributed by atoms with E-state index >= 15 is 0 Å². The highest BCUT2D eigenvalue weighted by Crippen LogP contribution is 2.26. The van der Waals surface area contributed by atoms with Gasteiger partial charge in [-0.2, -0.15) is 5.10 Å². The molecule has 0 aliphatic rings. The van der Waals surface area contributed by atoms with E-state index in [0.29, 0.717) is 17.1 Å². The lowest BCUT2D eigenvalue weighted by Crippen LogP contribution is -2.18. The van der Waals surface area contributed by atoms with E-state index < -0.39 is 0 Å². The Hall–Kier alpha value is -2.86. The molecule has 0 atom stereocenters. The second-order valence-corrected chi connectivity index (χ2v) is 6.36. The van der Waals surface area contributed by atoms with Crippen molar-refractivity contribution in [2.75, 3.05) is 14.2 Å². The Kier molecular flexibility index (Phi) is 5.53. The molecule has 0 aliphatic carbocycles. The second kappa shape index (κ2) is 8.01. The summed E-state index contributed by atoms with van der Waals surface area (Å²) in [7, 11) is 3.12. The maximum atomic E-state index is 12.4. The number of halogens is 1. The molecule has 3 aromatic rings. The molecule has 132 valence electrons. The van der Waals surface area contributed by atoms with Crippen LogP contribution < -0.4 is 14.9 Å². The molecule has 0 aromatic heterocycles. The number of nitrogens with one attached hydrogen (secondary N) is 1. The lowest BCUT2D eigenvalue weighted by atomic mass is 10.0. The minimum atomic E-state index is -0.362. The van der Waals surface area contributed by atoms with Crippen molar-refractivity contribution in [3.63, 3.8) is 0 Å². The third-order valence-corrected chi connectivity index (χ3v) is 4.41. The molecule has 5 nitrogen and oxygen atoms in total. The molecular formula is C20H17BrN2O3. The van der Waals surface area contributed by atoms with Gasteiger partial charge in [-0.15, -0.1) is 0 Å². The van der Waals surface area contributed by atoms with E-state index in [1.165, 1.54) is 7.11 Å². The Morgan fingerprint density at radius 2 is 1.77 bits per heavy atom. The largest absolute Gasteiger partial charge is 0.496 e. The molecule has 0 bridgehead atoms. The van der Waals surface area contributed by atoms with Gasteiger partial charge >= 0.3 is 0 Å². The van der Waals surface area contributed by atoms with Gasteiger partial charge in [0.2, 0.25) is 0 Å². The number of hydrogen-bond acceptors (Lipinski definition) is 4. The van der Waals surface area contributed by atoms with Crippen LogP contribution in [0.4, 0.5) is 0 Å². The van der Waals surface area contributed by atoms with E-state index in [1.54, 1.807) is 31.5 Å². The molecule has 0 radical (unpaired) electrons. The standard InChI is InChI=1S/C20H17BrN2O3/c1-25-18-10-8-14(21)11-16(18)20(24)23-22-12-17-15-6-4-3-5-13(15)7-9-19(17)26-2/h3-12H,1-2H3,(H,23,24)/b22-12-. The molecule has 3 rings (SSSR count). The summed E-state index contributed by atoms with van der Waals surface area (Å²) < 4.78 is 11.4. The summed E-state index contributed by atoms with van der Waals surface area (Å²) in [4.78, 5) is 12.4. The predicted octanol–water partition coefficient (Wildman–Crippen LogP) is 4.38. The number of carbonyl (C=O) groups is 1. The molecular weight excluding hydrogens is 396 g/mol. The molecule has 0 aliphatic heterocycles. The minimum absolute atomic E-state index is 0.362. The van der Waals surface area contributed by atoms with Gasteiger partial charge in [0.15, 0.2) is 0 Å². The van der Waals surface area contributed by atoms with E-state index in [4.69, 9.17) is 9.47 Å². The van der Waals surface area contributed by atoms with Gasteiger partial charge in [-0.25, -0.2) is 5.43 Å². The second-order valence-electron chi connectivity index (χ2n) is 5.45. The Balaban J connectivity index is 1.88. The lowest BCUT2D eigenvalue weighted by molar-refractivity contribution is 0.0952. The number of fused-ring (bicyclic) bond motifs is 1. The molecule has 0 fully saturated rings. The molecule has 1 amide bonds. The van der Waals surface area contributed by atoms with Crippen molar-refractivity contribution in [3.8, 4) is 11.5 Å². The van der Waals surface area contributed by atoms with Gasteiger partial charge in [0.25, 0.3) is 5.91 Å². The fourth-order valence-corrected chi connectivity index (χ4v) is 3.02. The first-order valence-electron chi connectivity index (χ1n) is 7.86. The fourth-order valence-electron chi connectivity index (χ4n) is 2.66. The fraction of sp³-hybridized carbons (Fsp3) is 0.100. The molecule has 0 spiro atoms. The van der Waals surface area contributed by atoms with Crippen LogP contribution >= 0.6 is 15.9 Å². The maximum Gasteiger partial charge on any atom is 0.275 e. The zero-order valence-corrected chi connectivity index (χ0v) is 15.9. The number of benzene rings is 3. The molecule has 0 saturated heterocycles. The Morgan fingerprint density at radius 3 is 2.54 bits per heavy atom. The van der Waals surface area contributed by atoms with E-state index in [-0.39, 0.29) is 5.91 Å². The third-order valence-electron chi connectivity index (χ3n) is 3.92. The van der Waals surface area contributed by atoms with Crippen LogP contribution in [0.15, 0.2) is 64.2 Å². The highest BCUT2D eigenvalue weighted by Gasteiger charge is 2.12. The molecule has 0 saturated carbocycles. The third kappa shape index (κ3) is 3.70. The maximum absolute atomic E-state index is 12.4. The summed E-state index contributed by atoms with van der Waals surface area (Å²) in [5.41, 5.74) is 3.73. The first-order valence-corrected chi connectivity index (χ1v) is 8.66. The van der Waals surface area contributed by atoms with Gasteiger partial charge in [0.1, 0.15) is 11.5 Å². The van der Waals surface area contributed by atoms with Crippen LogP contribution in [0.3, 0.4) is 0 Å². The SMILES string of the molecule is COc1ccc(Br)cc1C(=O)N/N=C\c1c(OC)ccc2ccccc12. The highest BCUT2D eigenvalue weighted by molar-refractivity contribution is 9.10. The summed E-state index contributed by atoms with van der Waals surface area (Å²) in [6.45, 7) is 0. The topological polar surface area (TPSA) is 59.9 Å². The summed E-state index contributed by atoms with van der Waals surface area (Å²) >= 11 is 3.35. The van der Waals surface area contributed by atoms with Gasteiger partial charge < -0.3 is 9.47 Å². The van der Waals surface area contributed by atoms with Crippen molar-refractivity contribution >= 4 is 38.8 Å². The van der Waals surface area contributed by atoms with Crippen LogP contribution in [0, 0.1) is 0 Å². The van der Waals surface area contributed by atoms with Gasteiger partial charge in [-0.05, 0) is 35.0 Å². The number of amides is 1. The number of ether oxygens (including phenoxy) is 2. The predicted molar refractivity (Wildman–Crippen MR) is 106 cm³/mol. The Bertz CT molecular complexity index is 986. The molecule has 26 heavy (non-hydrogen) atoms. The normalized spacial score (nSPS) is 10.9. The van der Waals surface area contributed by atoms with Crippen LogP contribution in [-0.4, -0.2) is 26.3 Å². The first kappa shape index (κ1) is 17.9. The van der Waals surface area contributed by atoms with Crippen LogP contribution in [0.1, 0.15) is 15.9 Å². The number of methoxy groups -OCH3 is 2. The van der Waals surface area contributed by atoms with Gasteiger partial charge in [-0.1, -0.05) is 46.3 Å². The Morgan fingerprint density at radius 1 is 1.04 bits per heavy atom.